The molecule has 2 aromatic rings. The minimum atomic E-state index is -0.581. The number of nitrogens with two attached hydrogens (primary N) is 1. The monoisotopic (exact) mass is 316 g/mol. The minimum Gasteiger partial charge on any atom is -0.466 e. The highest BCUT2D eigenvalue weighted by Gasteiger charge is 2.31. The molecule has 3 heterocycles. The van der Waals surface area contributed by atoms with Crippen LogP contribution in [0.5, 0.6) is 0 Å². The summed E-state index contributed by atoms with van der Waals surface area (Å²) in [5, 5.41) is 6.77. The predicted octanol–water partition coefficient (Wildman–Crippen LogP) is 2.09. The molecule has 3 N–H and O–H groups in total. The zero-order valence-corrected chi connectivity index (χ0v) is 13.3. The average Bonchev–Trinajstić information content (AvgIpc) is 3.13. The van der Waals surface area contributed by atoms with Gasteiger partial charge in [0.1, 0.15) is 17.2 Å². The molecule has 0 spiro atoms. The molecule has 23 heavy (non-hydrogen) atoms. The van der Waals surface area contributed by atoms with Gasteiger partial charge in [-0.3, -0.25) is 14.7 Å². The summed E-state index contributed by atoms with van der Waals surface area (Å²) in [7, 11) is 0. The van der Waals surface area contributed by atoms with E-state index in [9.17, 15) is 9.59 Å². The van der Waals surface area contributed by atoms with Gasteiger partial charge in [0.25, 0.3) is 11.8 Å². The normalized spacial score (nSPS) is 18.2. The quantitative estimate of drug-likeness (QED) is 0.904. The Bertz CT molecular complexity index is 746. The Labute approximate surface area is 133 Å². The molecule has 0 saturated carbocycles. The maximum Gasteiger partial charge on any atom is 0.269 e. The lowest BCUT2D eigenvalue weighted by Crippen LogP contribution is -2.38. The minimum absolute atomic E-state index is 0.0562. The van der Waals surface area contributed by atoms with Crippen LogP contribution in [0.15, 0.2) is 16.5 Å². The van der Waals surface area contributed by atoms with Crippen LogP contribution in [0.3, 0.4) is 0 Å². The largest absolute Gasteiger partial charge is 0.466 e. The highest BCUT2D eigenvalue weighted by Crippen LogP contribution is 2.32. The maximum atomic E-state index is 12.9. The summed E-state index contributed by atoms with van der Waals surface area (Å²) >= 11 is 0. The van der Waals surface area contributed by atoms with Crippen LogP contribution < -0.4 is 5.73 Å². The van der Waals surface area contributed by atoms with Gasteiger partial charge in [-0.2, -0.15) is 5.10 Å². The van der Waals surface area contributed by atoms with E-state index in [1.165, 1.54) is 0 Å². The maximum absolute atomic E-state index is 12.9. The number of primary amides is 1. The van der Waals surface area contributed by atoms with Gasteiger partial charge in [0.15, 0.2) is 0 Å². The molecule has 0 bridgehead atoms. The van der Waals surface area contributed by atoms with E-state index in [1.807, 2.05) is 11.8 Å². The molecule has 1 aliphatic heterocycles. The second-order valence-corrected chi connectivity index (χ2v) is 5.91. The SMILES string of the molecule is Cc1cc(C(=O)N2CCCC[C@H]2c2cc(C(N)=O)n[nH]2)c(C)o1. The molecule has 0 aliphatic carbocycles. The Kier molecular flexibility index (Phi) is 3.94. The molecular weight excluding hydrogens is 296 g/mol. The second kappa shape index (κ2) is 5.91. The van der Waals surface area contributed by atoms with Crippen LogP contribution in [-0.4, -0.2) is 33.5 Å². The van der Waals surface area contributed by atoms with E-state index in [2.05, 4.69) is 10.2 Å². The van der Waals surface area contributed by atoms with E-state index >= 15 is 0 Å². The Balaban J connectivity index is 1.90. The summed E-state index contributed by atoms with van der Waals surface area (Å²) in [6.07, 6.45) is 2.79. The number of aromatic amines is 1. The van der Waals surface area contributed by atoms with E-state index in [1.54, 1.807) is 19.1 Å². The summed E-state index contributed by atoms with van der Waals surface area (Å²) in [6.45, 7) is 4.28. The third kappa shape index (κ3) is 2.86. The van der Waals surface area contributed by atoms with Gasteiger partial charge in [-0.1, -0.05) is 0 Å². The summed E-state index contributed by atoms with van der Waals surface area (Å²) < 4.78 is 5.47. The standard InChI is InChI=1S/C16H20N4O3/c1-9-7-11(10(2)23-9)16(22)20-6-4-3-5-14(20)12-8-13(15(17)21)19-18-12/h7-8,14H,3-6H2,1-2H3,(H2,17,21)(H,18,19)/t14-/m0/s1. The fraction of sp³-hybridized carbons (Fsp3) is 0.438. The zero-order valence-electron chi connectivity index (χ0n) is 13.3. The molecule has 3 rings (SSSR count). The van der Waals surface area contributed by atoms with Crippen LogP contribution in [0, 0.1) is 13.8 Å². The number of aromatic nitrogens is 2. The first kappa shape index (κ1) is 15.3. The molecule has 0 aromatic carbocycles. The number of hydrogen-bond acceptors (Lipinski definition) is 4. The van der Waals surface area contributed by atoms with Gasteiger partial charge in [-0.05, 0) is 45.2 Å². The van der Waals surface area contributed by atoms with Gasteiger partial charge in [-0.25, -0.2) is 0 Å². The van der Waals surface area contributed by atoms with Crippen LogP contribution in [0.4, 0.5) is 0 Å². The van der Waals surface area contributed by atoms with Gasteiger partial charge in [0.2, 0.25) is 0 Å². The highest BCUT2D eigenvalue weighted by molar-refractivity contribution is 5.95. The van der Waals surface area contributed by atoms with E-state index in [0.29, 0.717) is 17.9 Å². The molecule has 122 valence electrons. The zero-order chi connectivity index (χ0) is 16.6. The van der Waals surface area contributed by atoms with Crippen molar-refractivity contribution in [1.29, 1.82) is 0 Å². The molecule has 2 aromatic heterocycles. The van der Waals surface area contributed by atoms with Crippen molar-refractivity contribution in [1.82, 2.24) is 15.1 Å². The van der Waals surface area contributed by atoms with Gasteiger partial charge < -0.3 is 15.1 Å². The second-order valence-electron chi connectivity index (χ2n) is 5.91. The van der Waals surface area contributed by atoms with E-state index in [0.717, 1.165) is 30.7 Å². The molecule has 1 aliphatic rings. The fourth-order valence-corrected chi connectivity index (χ4v) is 3.13. The Morgan fingerprint density at radius 3 is 2.74 bits per heavy atom. The lowest BCUT2D eigenvalue weighted by molar-refractivity contribution is 0.0604. The molecule has 7 heteroatoms. The molecule has 1 atom stereocenters. The number of piperidine rings is 1. The lowest BCUT2D eigenvalue weighted by atomic mass is 9.98. The smallest absolute Gasteiger partial charge is 0.269 e. The number of carbonyl (C=O) groups excluding carboxylic acids is 2. The highest BCUT2D eigenvalue weighted by atomic mass is 16.3. The molecule has 0 unspecified atom stereocenters. The van der Waals surface area contributed by atoms with Crippen LogP contribution in [0.25, 0.3) is 0 Å². The van der Waals surface area contributed by atoms with Gasteiger partial charge >= 0.3 is 0 Å². The molecule has 1 fully saturated rings. The summed E-state index contributed by atoms with van der Waals surface area (Å²) in [4.78, 5) is 25.9. The summed E-state index contributed by atoms with van der Waals surface area (Å²) in [5.41, 5.74) is 6.77. The number of carbonyl (C=O) groups is 2. The Hall–Kier alpha value is -2.57. The molecule has 2 amide bonds. The van der Waals surface area contributed by atoms with Gasteiger partial charge in [-0.15, -0.1) is 0 Å². The number of likely N-dealkylation sites (tertiary alicyclic amines) is 1. The molecule has 0 radical (unpaired) electrons. The predicted molar refractivity (Wildman–Crippen MR) is 82.9 cm³/mol. The van der Waals surface area contributed by atoms with Crippen molar-refractivity contribution in [2.24, 2.45) is 5.73 Å². The van der Waals surface area contributed by atoms with Crippen molar-refractivity contribution in [2.75, 3.05) is 6.54 Å². The summed E-state index contributed by atoms with van der Waals surface area (Å²) in [5.74, 6) is 0.706. The molecular formula is C16H20N4O3. The Morgan fingerprint density at radius 1 is 1.35 bits per heavy atom. The van der Waals surface area contributed by atoms with Crippen LogP contribution in [0.1, 0.15) is 63.4 Å². The van der Waals surface area contributed by atoms with E-state index in [-0.39, 0.29) is 17.6 Å². The lowest BCUT2D eigenvalue weighted by Gasteiger charge is -2.35. The number of rotatable bonds is 3. The number of H-pyrrole nitrogens is 1. The number of furan rings is 1. The first-order valence-electron chi connectivity index (χ1n) is 7.70. The van der Waals surface area contributed by atoms with E-state index in [4.69, 9.17) is 10.2 Å². The van der Waals surface area contributed by atoms with Crippen molar-refractivity contribution < 1.29 is 14.0 Å². The third-order valence-corrected chi connectivity index (χ3v) is 4.24. The summed E-state index contributed by atoms with van der Waals surface area (Å²) in [6, 6.07) is 3.27. The number of aryl methyl sites for hydroxylation is 2. The first-order valence-corrected chi connectivity index (χ1v) is 7.70. The van der Waals surface area contributed by atoms with E-state index < -0.39 is 5.91 Å². The van der Waals surface area contributed by atoms with Crippen LogP contribution in [-0.2, 0) is 0 Å². The third-order valence-electron chi connectivity index (χ3n) is 4.24. The van der Waals surface area contributed by atoms with Crippen molar-refractivity contribution in [3.63, 3.8) is 0 Å². The van der Waals surface area contributed by atoms with Crippen LogP contribution in [0.2, 0.25) is 0 Å². The molecule has 7 nitrogen and oxygen atoms in total. The number of amides is 2. The van der Waals surface area contributed by atoms with Crippen LogP contribution >= 0.6 is 0 Å². The number of nitrogens with zero attached hydrogens (tertiary/aromatic N) is 2. The van der Waals surface area contributed by atoms with Crippen molar-refractivity contribution in [3.05, 3.63) is 40.6 Å². The van der Waals surface area contributed by atoms with Crippen molar-refractivity contribution in [2.45, 2.75) is 39.2 Å². The fourth-order valence-electron chi connectivity index (χ4n) is 3.13. The topological polar surface area (TPSA) is 105 Å². The Morgan fingerprint density at radius 2 is 2.13 bits per heavy atom. The average molecular weight is 316 g/mol. The molecule has 1 saturated heterocycles. The van der Waals surface area contributed by atoms with Gasteiger partial charge in [0, 0.05) is 6.54 Å². The number of hydrogen-bond donors (Lipinski definition) is 2. The van der Waals surface area contributed by atoms with Gasteiger partial charge in [0.05, 0.1) is 17.3 Å². The first-order chi connectivity index (χ1) is 11.0. The number of nitrogens with one attached hydrogen (secondary N) is 1. The van der Waals surface area contributed by atoms with Crippen molar-refractivity contribution >= 4 is 11.8 Å². The van der Waals surface area contributed by atoms with Crippen molar-refractivity contribution in [3.8, 4) is 0 Å².